The first-order valence-corrected chi connectivity index (χ1v) is 11.5. The van der Waals surface area contributed by atoms with Gasteiger partial charge in [-0.15, -0.1) is 0 Å². The van der Waals surface area contributed by atoms with Gasteiger partial charge in [0.25, 0.3) is 0 Å². The van der Waals surface area contributed by atoms with Gasteiger partial charge in [0.15, 0.2) is 15.8 Å². The van der Waals surface area contributed by atoms with E-state index >= 15 is 0 Å². The van der Waals surface area contributed by atoms with Crippen molar-refractivity contribution in [3.63, 3.8) is 0 Å². The zero-order valence-corrected chi connectivity index (χ0v) is 17.6. The lowest BCUT2D eigenvalue weighted by Gasteiger charge is -2.43. The molecule has 0 saturated heterocycles. The highest BCUT2D eigenvalue weighted by Gasteiger charge is 2.38. The second-order valence-electron chi connectivity index (χ2n) is 7.65. The van der Waals surface area contributed by atoms with Gasteiger partial charge >= 0.3 is 0 Å². The van der Waals surface area contributed by atoms with E-state index < -0.39 is 9.84 Å². The maximum Gasteiger partial charge on any atom is 0.191 e. The topological polar surface area (TPSA) is 70.6 Å². The van der Waals surface area contributed by atoms with Crippen molar-refractivity contribution in [3.8, 4) is 0 Å². The van der Waals surface area contributed by atoms with Crippen LogP contribution < -0.4 is 10.6 Å². The summed E-state index contributed by atoms with van der Waals surface area (Å²) in [5.74, 6) is 0.757. The van der Waals surface area contributed by atoms with Crippen LogP contribution in [0.25, 0.3) is 0 Å². The van der Waals surface area contributed by atoms with Crippen LogP contribution in [0.4, 0.5) is 0 Å². The minimum absolute atomic E-state index is 0.187. The van der Waals surface area contributed by atoms with Crippen LogP contribution >= 0.6 is 0 Å². The summed E-state index contributed by atoms with van der Waals surface area (Å²) in [5, 5.41) is 6.81. The number of hydrogen-bond donors (Lipinski definition) is 2. The van der Waals surface area contributed by atoms with Crippen LogP contribution in [0, 0.1) is 6.92 Å². The van der Waals surface area contributed by atoms with Crippen molar-refractivity contribution in [1.29, 1.82) is 0 Å². The quantitative estimate of drug-likeness (QED) is 0.578. The van der Waals surface area contributed by atoms with Crippen LogP contribution in [-0.2, 0) is 21.8 Å². The lowest BCUT2D eigenvalue weighted by atomic mass is 9.64. The molecule has 1 aliphatic rings. The molecule has 0 amide bonds. The highest BCUT2D eigenvalue weighted by Crippen LogP contribution is 2.43. The minimum Gasteiger partial charge on any atom is -0.356 e. The molecule has 0 bridgehead atoms. The van der Waals surface area contributed by atoms with Crippen LogP contribution in [0.1, 0.15) is 36.0 Å². The average Bonchev–Trinajstić information content (AvgIpc) is 2.63. The number of aliphatic imine (C=N–C) groups is 1. The molecule has 6 heteroatoms. The Morgan fingerprint density at radius 3 is 2.36 bits per heavy atom. The first-order chi connectivity index (χ1) is 13.3. The Bertz CT molecular complexity index is 949. The first-order valence-electron chi connectivity index (χ1n) is 9.64. The maximum atomic E-state index is 11.8. The number of benzene rings is 2. The molecule has 0 heterocycles. The monoisotopic (exact) mass is 399 g/mol. The average molecular weight is 400 g/mol. The van der Waals surface area contributed by atoms with Crippen LogP contribution in [0.2, 0.25) is 0 Å². The first kappa shape index (κ1) is 20.4. The molecule has 28 heavy (non-hydrogen) atoms. The fourth-order valence-electron chi connectivity index (χ4n) is 3.86. The standard InChI is InChI=1S/C22H29N3O2S/c1-17-14-18(10-11-20(17)28(3,26)27)15-24-21(23-2)25-16-22(12-7-13-22)19-8-5-4-6-9-19/h4-6,8-11,14H,7,12-13,15-16H2,1-3H3,(H2,23,24,25). The van der Waals surface area contributed by atoms with Crippen molar-refractivity contribution in [2.24, 2.45) is 4.99 Å². The molecule has 2 aromatic rings. The van der Waals surface area contributed by atoms with Gasteiger partial charge in [0.2, 0.25) is 0 Å². The lowest BCUT2D eigenvalue weighted by molar-refractivity contribution is 0.244. The van der Waals surface area contributed by atoms with Crippen LogP contribution in [0.5, 0.6) is 0 Å². The third-order valence-electron chi connectivity index (χ3n) is 5.61. The molecule has 5 nitrogen and oxygen atoms in total. The van der Waals surface area contributed by atoms with Gasteiger partial charge in [-0.1, -0.05) is 48.9 Å². The summed E-state index contributed by atoms with van der Waals surface area (Å²) in [5.41, 5.74) is 3.36. The van der Waals surface area contributed by atoms with Gasteiger partial charge in [-0.2, -0.15) is 0 Å². The van der Waals surface area contributed by atoms with Gasteiger partial charge in [0.1, 0.15) is 0 Å². The third kappa shape index (κ3) is 4.55. The maximum absolute atomic E-state index is 11.8. The SMILES string of the molecule is CN=C(NCc1ccc(S(C)(=O)=O)c(C)c1)NCC1(c2ccccc2)CCC1. The number of hydrogen-bond acceptors (Lipinski definition) is 3. The van der Waals surface area contributed by atoms with E-state index in [1.807, 2.05) is 19.1 Å². The molecule has 1 fully saturated rings. The second-order valence-corrected chi connectivity index (χ2v) is 9.64. The van der Waals surface area contributed by atoms with Gasteiger partial charge in [-0.3, -0.25) is 4.99 Å². The van der Waals surface area contributed by atoms with Crippen molar-refractivity contribution in [2.75, 3.05) is 19.8 Å². The summed E-state index contributed by atoms with van der Waals surface area (Å²) in [6.07, 6.45) is 4.87. The van der Waals surface area contributed by atoms with E-state index in [4.69, 9.17) is 0 Å². The minimum atomic E-state index is -3.19. The van der Waals surface area contributed by atoms with Crippen LogP contribution in [0.3, 0.4) is 0 Å². The zero-order chi connectivity index (χ0) is 20.2. The second kappa shape index (κ2) is 8.35. The molecule has 0 aliphatic heterocycles. The highest BCUT2D eigenvalue weighted by molar-refractivity contribution is 7.90. The van der Waals surface area contributed by atoms with E-state index in [9.17, 15) is 8.42 Å². The Labute approximate surface area is 168 Å². The summed E-state index contributed by atoms with van der Waals surface area (Å²) in [4.78, 5) is 4.72. The fraction of sp³-hybridized carbons (Fsp3) is 0.409. The molecule has 1 saturated carbocycles. The number of guanidine groups is 1. The molecule has 0 spiro atoms. The smallest absolute Gasteiger partial charge is 0.191 e. The number of sulfone groups is 1. The number of rotatable bonds is 6. The zero-order valence-electron chi connectivity index (χ0n) is 16.8. The number of nitrogens with zero attached hydrogens (tertiary/aromatic N) is 1. The molecule has 2 N–H and O–H groups in total. The molecule has 150 valence electrons. The summed E-state index contributed by atoms with van der Waals surface area (Å²) in [6.45, 7) is 3.26. The van der Waals surface area contributed by atoms with Gasteiger partial charge in [0, 0.05) is 31.8 Å². The summed E-state index contributed by atoms with van der Waals surface area (Å²) < 4.78 is 23.5. The molecule has 0 unspecified atom stereocenters. The Morgan fingerprint density at radius 2 is 1.82 bits per heavy atom. The third-order valence-corrected chi connectivity index (χ3v) is 6.87. The number of aryl methyl sites for hydroxylation is 1. The Morgan fingerprint density at radius 1 is 1.11 bits per heavy atom. The molecule has 1 aliphatic carbocycles. The summed E-state index contributed by atoms with van der Waals surface area (Å²) >= 11 is 0. The van der Waals surface area contributed by atoms with Crippen LogP contribution in [-0.4, -0.2) is 34.2 Å². The van der Waals surface area contributed by atoms with Gasteiger partial charge in [0.05, 0.1) is 4.90 Å². The van der Waals surface area contributed by atoms with Gasteiger partial charge in [-0.25, -0.2) is 8.42 Å². The molecule has 0 radical (unpaired) electrons. The van der Waals surface area contributed by atoms with E-state index in [2.05, 4.69) is 46.0 Å². The predicted octanol–water partition coefficient (Wildman–Crippen LogP) is 3.19. The van der Waals surface area contributed by atoms with Crippen molar-refractivity contribution in [2.45, 2.75) is 43.0 Å². The Kier molecular flexibility index (Phi) is 6.08. The van der Waals surface area contributed by atoms with Crippen molar-refractivity contribution < 1.29 is 8.42 Å². The van der Waals surface area contributed by atoms with Crippen molar-refractivity contribution >= 4 is 15.8 Å². The van der Waals surface area contributed by atoms with Crippen molar-refractivity contribution in [3.05, 3.63) is 65.2 Å². The molecule has 0 atom stereocenters. The summed E-state index contributed by atoms with van der Waals surface area (Å²) in [6, 6.07) is 16.1. The molecule has 0 aromatic heterocycles. The van der Waals surface area contributed by atoms with E-state index in [0.717, 1.165) is 23.6 Å². The number of nitrogens with one attached hydrogen (secondary N) is 2. The van der Waals surface area contributed by atoms with E-state index in [1.165, 1.54) is 31.1 Å². The fourth-order valence-corrected chi connectivity index (χ4v) is 4.82. The normalized spacial score (nSPS) is 16.3. The summed E-state index contributed by atoms with van der Waals surface area (Å²) in [7, 11) is -1.42. The largest absolute Gasteiger partial charge is 0.356 e. The van der Waals surface area contributed by atoms with E-state index in [0.29, 0.717) is 11.4 Å². The molecule has 3 rings (SSSR count). The Hall–Kier alpha value is -2.34. The molecular formula is C22H29N3O2S. The lowest BCUT2D eigenvalue weighted by Crippen LogP contribution is -2.48. The Balaban J connectivity index is 1.60. The van der Waals surface area contributed by atoms with Crippen molar-refractivity contribution in [1.82, 2.24) is 10.6 Å². The molecule has 2 aromatic carbocycles. The van der Waals surface area contributed by atoms with E-state index in [1.54, 1.807) is 13.1 Å². The predicted molar refractivity (Wildman–Crippen MR) is 114 cm³/mol. The van der Waals surface area contributed by atoms with Gasteiger partial charge < -0.3 is 10.6 Å². The van der Waals surface area contributed by atoms with E-state index in [-0.39, 0.29) is 5.41 Å². The molecular weight excluding hydrogens is 370 g/mol. The van der Waals surface area contributed by atoms with Crippen LogP contribution in [0.15, 0.2) is 58.4 Å². The highest BCUT2D eigenvalue weighted by atomic mass is 32.2. The van der Waals surface area contributed by atoms with Gasteiger partial charge in [-0.05, 0) is 42.5 Å².